The van der Waals surface area contributed by atoms with Crippen molar-refractivity contribution in [3.8, 4) is 78.6 Å². The largest absolute Gasteiger partial charge is 0.507 e. The average molecular weight is 1060 g/mol. The van der Waals surface area contributed by atoms with Gasteiger partial charge in [0.15, 0.2) is 0 Å². The summed E-state index contributed by atoms with van der Waals surface area (Å²) in [5.74, 6) is -0.199. The van der Waals surface area contributed by atoms with Crippen molar-refractivity contribution in [1.82, 2.24) is 14.5 Å². The van der Waals surface area contributed by atoms with E-state index in [4.69, 9.17) is 15.5 Å². The van der Waals surface area contributed by atoms with E-state index in [1.54, 1.807) is 0 Å². The number of hydrogen-bond acceptors (Lipinski definition) is 3. The zero-order valence-electron chi connectivity index (χ0n) is 44.0. The van der Waals surface area contributed by atoms with Crippen molar-refractivity contribution in [1.29, 1.82) is 0 Å². The van der Waals surface area contributed by atoms with Crippen LogP contribution in [-0.2, 0) is 31.9 Å². The van der Waals surface area contributed by atoms with E-state index in [1.165, 1.54) is 0 Å². The summed E-state index contributed by atoms with van der Waals surface area (Å²) in [5.41, 5.74) is 15.7. The van der Waals surface area contributed by atoms with Crippen LogP contribution in [0.2, 0.25) is 0 Å². The summed E-state index contributed by atoms with van der Waals surface area (Å²) in [5, 5.41) is 11.9. The first-order chi connectivity index (χ1) is 33.0. The maximum Gasteiger partial charge on any atom is 0.148 e. The summed E-state index contributed by atoms with van der Waals surface area (Å²) in [6.45, 7) is 18.2. The van der Waals surface area contributed by atoms with Gasteiger partial charge in [0.05, 0.1) is 22.3 Å². The Morgan fingerprint density at radius 2 is 1.34 bits per heavy atom. The van der Waals surface area contributed by atoms with Crippen molar-refractivity contribution in [2.45, 2.75) is 92.8 Å². The van der Waals surface area contributed by atoms with Gasteiger partial charge < -0.3 is 5.11 Å². The molecule has 0 saturated carbocycles. The van der Waals surface area contributed by atoms with Crippen LogP contribution in [0.1, 0.15) is 100 Å². The molecule has 0 radical (unpaired) electrons. The molecule has 0 bridgehead atoms. The van der Waals surface area contributed by atoms with Crippen molar-refractivity contribution in [2.75, 3.05) is 0 Å². The summed E-state index contributed by atoms with van der Waals surface area (Å²) in [4.78, 5) is 10.3. The van der Waals surface area contributed by atoms with E-state index in [-0.39, 0.29) is 43.2 Å². The number of fused-ring (bicyclic) bond motifs is 1. The van der Waals surface area contributed by atoms with Crippen LogP contribution < -0.4 is 0 Å². The molecule has 4 nitrogen and oxygen atoms in total. The van der Waals surface area contributed by atoms with Gasteiger partial charge in [0.1, 0.15) is 11.6 Å². The third-order valence-electron chi connectivity index (χ3n) is 12.7. The minimum atomic E-state index is -2.55. The second-order valence-corrected chi connectivity index (χ2v) is 20.0. The number of phenolic OH excluding ortho intramolecular Hbond substituents is 1. The Balaban J connectivity index is 0.00000676. The number of imidazole rings is 1. The summed E-state index contributed by atoms with van der Waals surface area (Å²) in [6.07, 6.45) is 1.83. The molecule has 0 aliphatic heterocycles. The number of benzene rings is 7. The minimum Gasteiger partial charge on any atom is -0.507 e. The van der Waals surface area contributed by atoms with Crippen LogP contribution in [0.3, 0.4) is 0 Å². The Labute approximate surface area is 417 Å². The number of aryl methyl sites for hydroxylation is 3. The molecule has 2 heterocycles. The van der Waals surface area contributed by atoms with Gasteiger partial charge in [0.2, 0.25) is 0 Å². The smallest absolute Gasteiger partial charge is 0.148 e. The van der Waals surface area contributed by atoms with E-state index in [0.717, 1.165) is 78.0 Å². The maximum absolute atomic E-state index is 11.9. The molecule has 7 aromatic carbocycles. The Bertz CT molecular complexity index is 3440. The van der Waals surface area contributed by atoms with E-state index < -0.39 is 12.7 Å². The normalized spacial score (nSPS) is 13.1. The number of pyridine rings is 1. The van der Waals surface area contributed by atoms with Gasteiger partial charge in [-0.05, 0) is 129 Å². The fourth-order valence-electron chi connectivity index (χ4n) is 9.14. The predicted octanol–water partition coefficient (Wildman–Crippen LogP) is 16.6. The van der Waals surface area contributed by atoms with Gasteiger partial charge in [-0.15, -0.1) is 29.3 Å². The van der Waals surface area contributed by atoms with Crippen molar-refractivity contribution >= 4 is 11.0 Å². The van der Waals surface area contributed by atoms with E-state index >= 15 is 0 Å². The summed E-state index contributed by atoms with van der Waals surface area (Å²) in [6, 6.07) is 52.5. The molecule has 0 unspecified atom stereocenters. The predicted molar refractivity (Wildman–Crippen MR) is 278 cm³/mol. The van der Waals surface area contributed by atoms with Crippen LogP contribution in [0.4, 0.5) is 0 Å². The van der Waals surface area contributed by atoms with Gasteiger partial charge in [-0.2, -0.15) is 0 Å². The van der Waals surface area contributed by atoms with Crippen molar-refractivity contribution in [3.63, 3.8) is 0 Å². The number of hydrogen-bond donors (Lipinski definition) is 1. The molecule has 5 heteroatoms. The molecule has 2 aromatic heterocycles. The molecule has 340 valence electrons. The quantitative estimate of drug-likeness (QED) is 0.154. The second-order valence-electron chi connectivity index (χ2n) is 20.0. The summed E-state index contributed by atoms with van der Waals surface area (Å²) in [7, 11) is 0. The number of aromatic hydroxyl groups is 1. The number of nitrogens with zero attached hydrogens (tertiary/aromatic N) is 3. The van der Waals surface area contributed by atoms with Gasteiger partial charge in [-0.1, -0.05) is 170 Å². The van der Waals surface area contributed by atoms with Crippen LogP contribution in [0.25, 0.3) is 83.9 Å². The van der Waals surface area contributed by atoms with E-state index in [9.17, 15) is 5.11 Å². The first kappa shape index (κ1) is 42.0. The van der Waals surface area contributed by atoms with Gasteiger partial charge in [-0.25, -0.2) is 4.98 Å². The Kier molecular flexibility index (Phi) is 11.5. The van der Waals surface area contributed by atoms with Gasteiger partial charge in [0.25, 0.3) is 0 Å². The Hall–Kier alpha value is -6.35. The Morgan fingerprint density at radius 3 is 2.04 bits per heavy atom. The molecular weight excluding hydrogens is 998 g/mol. The number of phenols is 1. The van der Waals surface area contributed by atoms with E-state index in [1.807, 2.05) is 123 Å². The maximum atomic E-state index is 11.9. The third-order valence-corrected chi connectivity index (χ3v) is 12.7. The van der Waals surface area contributed by atoms with Gasteiger partial charge >= 0.3 is 0 Å². The van der Waals surface area contributed by atoms with E-state index in [0.29, 0.717) is 33.7 Å². The molecule has 0 amide bonds. The average Bonchev–Trinajstić information content (AvgIpc) is 3.71. The molecule has 0 spiro atoms. The van der Waals surface area contributed by atoms with Crippen LogP contribution in [0.5, 0.6) is 5.75 Å². The fourth-order valence-corrected chi connectivity index (χ4v) is 9.14. The minimum absolute atomic E-state index is 0. The second kappa shape index (κ2) is 18.4. The van der Waals surface area contributed by atoms with Crippen molar-refractivity contribution < 1.29 is 31.7 Å². The SMILES string of the molecule is [2H]C([2H])([2H])c1cc(-c2c(-c3ccccc3)cccc2C(C)(C)C)ccc1-n1c(-c2cc(C)cc(C)c2O)nc2c(-c3[c-]c(-c4cc(-c5ccc(C([2H])(C)C)cc5)ccn4)cc(C(C)(C)C)c3)cccc21.[Pt]. The zero-order valence-corrected chi connectivity index (χ0v) is 42.3. The number of para-hydroxylation sites is 1. The number of aromatic nitrogens is 3. The zero-order chi connectivity index (χ0) is 50.1. The van der Waals surface area contributed by atoms with Gasteiger partial charge in [-0.3, -0.25) is 9.55 Å². The first-order valence-electron chi connectivity index (χ1n) is 24.8. The summed E-state index contributed by atoms with van der Waals surface area (Å²) < 4.78 is 37.9. The molecule has 0 fully saturated rings. The molecule has 0 aliphatic carbocycles. The molecule has 9 aromatic rings. The monoisotopic (exact) mass is 1060 g/mol. The van der Waals surface area contributed by atoms with Crippen molar-refractivity contribution in [3.05, 3.63) is 191 Å². The molecule has 0 aliphatic rings. The molecule has 0 saturated heterocycles. The van der Waals surface area contributed by atoms with Crippen LogP contribution in [-0.4, -0.2) is 19.6 Å². The van der Waals surface area contributed by atoms with Gasteiger partial charge in [0, 0.05) is 38.4 Å². The van der Waals surface area contributed by atoms with Crippen LogP contribution in [0, 0.1) is 26.8 Å². The van der Waals surface area contributed by atoms with Crippen molar-refractivity contribution in [2.24, 2.45) is 0 Å². The molecule has 0 atom stereocenters. The molecule has 9 rings (SSSR count). The third kappa shape index (κ3) is 9.22. The standard InChI is InChI=1S/C62H60N3O.Pt/c1-38(2)42-23-25-43(26-24-42)45-29-30-63-54(37-45)48-34-47(35-49(36-48)61(6,7)8)51-20-16-22-56-58(51)64-60(52-32-39(3)31-41(5)59(52)66)65(56)55-28-27-46(33-40(55)4)57-50(44-17-13-12-14-18-44)19-15-21-53(57)62(9,10)11;/h12-33,35-38,66H,1-11H3;/q-1;/i4D3,38D;. The first-order valence-corrected chi connectivity index (χ1v) is 22.8. The number of rotatable bonds is 8. The summed E-state index contributed by atoms with van der Waals surface area (Å²) >= 11 is 0. The van der Waals surface area contributed by atoms with E-state index in [2.05, 4.69) is 108 Å². The molecular formula is C62H60N3OPt-. The fraction of sp³-hybridized carbons (Fsp3) is 0.226. The molecule has 67 heavy (non-hydrogen) atoms. The van der Waals surface area contributed by atoms with Crippen LogP contribution in [0.15, 0.2) is 152 Å². The Morgan fingerprint density at radius 1 is 0.642 bits per heavy atom. The topological polar surface area (TPSA) is 50.9 Å². The van der Waals surface area contributed by atoms with Crippen LogP contribution >= 0.6 is 0 Å². The molecule has 1 N–H and O–H groups in total.